The maximum Gasteiger partial charge on any atom is 0.0935 e. The lowest BCUT2D eigenvalue weighted by atomic mass is 10.1. The smallest absolute Gasteiger partial charge is 0.0935 e. The maximum absolute atomic E-state index is 12.1. The average Bonchev–Trinajstić information content (AvgIpc) is 2.50. The van der Waals surface area contributed by atoms with Crippen molar-refractivity contribution in [3.8, 4) is 0 Å². The topological polar surface area (TPSA) is 15.8 Å². The lowest BCUT2D eigenvalue weighted by Crippen LogP contribution is -1.82. The molecule has 1 N–H and O–H groups in total. The second-order valence-corrected chi connectivity index (χ2v) is 2.80. The van der Waals surface area contributed by atoms with Crippen molar-refractivity contribution in [1.82, 2.24) is 4.98 Å². The van der Waals surface area contributed by atoms with E-state index in [9.17, 15) is 4.39 Å². The monoisotopic (exact) mass is 163 g/mol. The SMILES string of the molecule is FCCc1c[nH]c2ccccc12. The van der Waals surface area contributed by atoms with Gasteiger partial charge in [-0.2, -0.15) is 0 Å². The number of alkyl halides is 1. The molecule has 0 spiro atoms. The number of benzene rings is 1. The van der Waals surface area contributed by atoms with Crippen molar-refractivity contribution in [2.24, 2.45) is 0 Å². The molecule has 0 fully saturated rings. The van der Waals surface area contributed by atoms with Gasteiger partial charge in [0.2, 0.25) is 0 Å². The predicted octanol–water partition coefficient (Wildman–Crippen LogP) is 2.68. The highest BCUT2D eigenvalue weighted by molar-refractivity contribution is 5.82. The Labute approximate surface area is 70.2 Å². The van der Waals surface area contributed by atoms with Gasteiger partial charge in [-0.25, -0.2) is 0 Å². The summed E-state index contributed by atoms with van der Waals surface area (Å²) in [5, 5.41) is 1.13. The van der Waals surface area contributed by atoms with Gasteiger partial charge in [0.25, 0.3) is 0 Å². The summed E-state index contributed by atoms with van der Waals surface area (Å²) in [5.41, 5.74) is 2.15. The Bertz CT molecular complexity index is 378. The fraction of sp³-hybridized carbons (Fsp3) is 0.200. The van der Waals surface area contributed by atoms with Crippen LogP contribution in [0, 0.1) is 0 Å². The molecule has 0 aliphatic rings. The van der Waals surface area contributed by atoms with Crippen molar-refractivity contribution in [1.29, 1.82) is 0 Å². The molecule has 0 saturated heterocycles. The summed E-state index contributed by atoms with van der Waals surface area (Å²) < 4.78 is 12.1. The summed E-state index contributed by atoms with van der Waals surface area (Å²) in [5.74, 6) is 0. The molecule has 0 amide bonds. The van der Waals surface area contributed by atoms with Gasteiger partial charge >= 0.3 is 0 Å². The molecule has 1 nitrogen and oxygen atoms in total. The van der Waals surface area contributed by atoms with E-state index < -0.39 is 0 Å². The van der Waals surface area contributed by atoms with Crippen LogP contribution in [0.25, 0.3) is 10.9 Å². The maximum atomic E-state index is 12.1. The summed E-state index contributed by atoms with van der Waals surface area (Å²) in [6, 6.07) is 7.95. The van der Waals surface area contributed by atoms with E-state index in [4.69, 9.17) is 0 Å². The van der Waals surface area contributed by atoms with Gasteiger partial charge < -0.3 is 4.98 Å². The minimum absolute atomic E-state index is 0.290. The number of aryl methyl sites for hydroxylation is 1. The molecule has 0 aliphatic heterocycles. The van der Waals surface area contributed by atoms with Gasteiger partial charge in [0.05, 0.1) is 6.67 Å². The summed E-state index contributed by atoms with van der Waals surface area (Å²) >= 11 is 0. The molecule has 1 heterocycles. The van der Waals surface area contributed by atoms with Crippen LogP contribution in [-0.2, 0) is 6.42 Å². The summed E-state index contributed by atoms with van der Waals surface area (Å²) in [6.07, 6.45) is 2.38. The molecular weight excluding hydrogens is 153 g/mol. The average molecular weight is 163 g/mol. The highest BCUT2D eigenvalue weighted by Gasteiger charge is 2.00. The number of nitrogens with one attached hydrogen (secondary N) is 1. The van der Waals surface area contributed by atoms with Crippen molar-refractivity contribution >= 4 is 10.9 Å². The van der Waals surface area contributed by atoms with Crippen LogP contribution in [0.1, 0.15) is 5.56 Å². The summed E-state index contributed by atoms with van der Waals surface area (Å²) in [7, 11) is 0. The van der Waals surface area contributed by atoms with Gasteiger partial charge in [0, 0.05) is 23.5 Å². The number of fused-ring (bicyclic) bond motifs is 1. The number of hydrogen-bond acceptors (Lipinski definition) is 0. The molecule has 12 heavy (non-hydrogen) atoms. The third kappa shape index (κ3) is 1.09. The first-order valence-corrected chi connectivity index (χ1v) is 4.03. The molecule has 1 aromatic carbocycles. The summed E-state index contributed by atoms with van der Waals surface area (Å²) in [6.45, 7) is -0.290. The minimum atomic E-state index is -0.290. The second-order valence-electron chi connectivity index (χ2n) is 2.80. The van der Waals surface area contributed by atoms with Gasteiger partial charge in [-0.3, -0.25) is 4.39 Å². The number of aromatic amines is 1. The lowest BCUT2D eigenvalue weighted by Gasteiger charge is -1.92. The van der Waals surface area contributed by atoms with Crippen LogP contribution in [0.2, 0.25) is 0 Å². The standard InChI is InChI=1S/C10H10FN/c11-6-5-8-7-12-10-4-2-1-3-9(8)10/h1-4,7,12H,5-6H2. The molecule has 2 rings (SSSR count). The molecule has 62 valence electrons. The molecule has 2 aromatic rings. The summed E-state index contributed by atoms with van der Waals surface area (Å²) in [4.78, 5) is 3.11. The molecular formula is C10H10FN. The largest absolute Gasteiger partial charge is 0.361 e. The second kappa shape index (κ2) is 2.97. The Morgan fingerprint density at radius 1 is 1.25 bits per heavy atom. The first-order valence-electron chi connectivity index (χ1n) is 4.03. The van der Waals surface area contributed by atoms with E-state index in [1.165, 1.54) is 0 Å². The van der Waals surface area contributed by atoms with Crippen LogP contribution in [0.15, 0.2) is 30.5 Å². The predicted molar refractivity (Wildman–Crippen MR) is 48.0 cm³/mol. The van der Waals surface area contributed by atoms with E-state index in [0.29, 0.717) is 6.42 Å². The molecule has 0 bridgehead atoms. The van der Waals surface area contributed by atoms with Gasteiger partial charge in [-0.1, -0.05) is 18.2 Å². The molecule has 2 heteroatoms. The number of H-pyrrole nitrogens is 1. The molecule has 0 saturated carbocycles. The van der Waals surface area contributed by atoms with Crippen molar-refractivity contribution in [3.05, 3.63) is 36.0 Å². The van der Waals surface area contributed by atoms with Gasteiger partial charge in [-0.15, -0.1) is 0 Å². The number of rotatable bonds is 2. The highest BCUT2D eigenvalue weighted by Crippen LogP contribution is 2.17. The van der Waals surface area contributed by atoms with Gasteiger partial charge in [0.1, 0.15) is 0 Å². The third-order valence-electron chi connectivity index (χ3n) is 2.04. The van der Waals surface area contributed by atoms with Crippen molar-refractivity contribution in [2.45, 2.75) is 6.42 Å². The van der Waals surface area contributed by atoms with E-state index in [1.54, 1.807) is 0 Å². The van der Waals surface area contributed by atoms with Gasteiger partial charge in [-0.05, 0) is 11.6 Å². The first kappa shape index (κ1) is 7.35. The number of halogens is 1. The van der Waals surface area contributed by atoms with Gasteiger partial charge in [0.15, 0.2) is 0 Å². The Morgan fingerprint density at radius 2 is 2.08 bits per heavy atom. The van der Waals surface area contributed by atoms with Crippen LogP contribution in [0.4, 0.5) is 4.39 Å². The molecule has 0 atom stereocenters. The molecule has 0 radical (unpaired) electrons. The Hall–Kier alpha value is -1.31. The molecule has 1 aromatic heterocycles. The Morgan fingerprint density at radius 3 is 2.92 bits per heavy atom. The number of para-hydroxylation sites is 1. The molecule has 0 aliphatic carbocycles. The van der Waals surface area contributed by atoms with E-state index in [0.717, 1.165) is 16.5 Å². The van der Waals surface area contributed by atoms with Crippen LogP contribution < -0.4 is 0 Å². The zero-order chi connectivity index (χ0) is 8.39. The number of aromatic nitrogens is 1. The first-order chi connectivity index (χ1) is 5.92. The van der Waals surface area contributed by atoms with E-state index in [-0.39, 0.29) is 6.67 Å². The van der Waals surface area contributed by atoms with Crippen LogP contribution in [0.3, 0.4) is 0 Å². The highest BCUT2D eigenvalue weighted by atomic mass is 19.1. The van der Waals surface area contributed by atoms with Crippen LogP contribution in [-0.4, -0.2) is 11.7 Å². The van der Waals surface area contributed by atoms with Crippen molar-refractivity contribution in [3.63, 3.8) is 0 Å². The van der Waals surface area contributed by atoms with Crippen LogP contribution in [0.5, 0.6) is 0 Å². The van der Waals surface area contributed by atoms with Crippen LogP contribution >= 0.6 is 0 Å². The number of hydrogen-bond donors (Lipinski definition) is 1. The quantitative estimate of drug-likeness (QED) is 0.700. The Balaban J connectivity index is 2.55. The van der Waals surface area contributed by atoms with Crippen molar-refractivity contribution in [2.75, 3.05) is 6.67 Å². The minimum Gasteiger partial charge on any atom is -0.361 e. The third-order valence-corrected chi connectivity index (χ3v) is 2.04. The van der Waals surface area contributed by atoms with Crippen molar-refractivity contribution < 1.29 is 4.39 Å². The normalized spacial score (nSPS) is 10.8. The van der Waals surface area contributed by atoms with E-state index >= 15 is 0 Å². The Kier molecular flexibility index (Phi) is 1.82. The molecule has 0 unspecified atom stereocenters. The van der Waals surface area contributed by atoms with E-state index in [1.807, 2.05) is 30.5 Å². The zero-order valence-electron chi connectivity index (χ0n) is 6.68. The fourth-order valence-electron chi connectivity index (χ4n) is 1.44. The van der Waals surface area contributed by atoms with E-state index in [2.05, 4.69) is 4.98 Å². The fourth-order valence-corrected chi connectivity index (χ4v) is 1.44. The lowest BCUT2D eigenvalue weighted by molar-refractivity contribution is 0.496. The zero-order valence-corrected chi connectivity index (χ0v) is 6.68.